The Bertz CT molecular complexity index is 530. The summed E-state index contributed by atoms with van der Waals surface area (Å²) in [4.78, 5) is 31.2. The molecule has 1 aromatic rings. The Kier molecular flexibility index (Phi) is 5.20. The predicted molar refractivity (Wildman–Crippen MR) is 72.8 cm³/mol. The number of nitrogens with zero attached hydrogens (tertiary/aromatic N) is 2. The van der Waals surface area contributed by atoms with Crippen LogP contribution in [0.15, 0.2) is 10.5 Å². The van der Waals surface area contributed by atoms with Gasteiger partial charge in [-0.15, -0.1) is 11.3 Å². The first-order valence-corrected chi connectivity index (χ1v) is 6.64. The maximum absolute atomic E-state index is 11.4. The minimum absolute atomic E-state index is 0.198. The zero-order valence-corrected chi connectivity index (χ0v) is 12.5. The number of aryl methyl sites for hydroxylation is 1. The molecule has 0 aliphatic heterocycles. The molecule has 0 saturated heterocycles. The lowest BCUT2D eigenvalue weighted by molar-refractivity contribution is -0.160. The van der Waals surface area contributed by atoms with Crippen LogP contribution in [0.25, 0.3) is 0 Å². The van der Waals surface area contributed by atoms with Crippen LogP contribution in [0.2, 0.25) is 0 Å². The second-order valence-corrected chi connectivity index (χ2v) is 5.92. The summed E-state index contributed by atoms with van der Waals surface area (Å²) in [6.07, 6.45) is 0. The zero-order valence-electron chi connectivity index (χ0n) is 11.7. The molecule has 0 atom stereocenters. The van der Waals surface area contributed by atoms with Gasteiger partial charge in [0.25, 0.3) is 0 Å². The van der Waals surface area contributed by atoms with E-state index in [1.165, 1.54) is 11.3 Å². The fourth-order valence-electron chi connectivity index (χ4n) is 1.19. The van der Waals surface area contributed by atoms with Crippen LogP contribution >= 0.6 is 11.3 Å². The van der Waals surface area contributed by atoms with Gasteiger partial charge in [-0.1, -0.05) is 5.16 Å². The molecule has 8 heteroatoms. The van der Waals surface area contributed by atoms with Crippen molar-refractivity contribution in [1.29, 1.82) is 0 Å². The molecule has 0 spiro atoms. The largest absolute Gasteiger partial charge is 0.476 e. The van der Waals surface area contributed by atoms with Crippen molar-refractivity contribution in [2.75, 3.05) is 6.61 Å². The van der Waals surface area contributed by atoms with E-state index in [1.54, 1.807) is 33.1 Å². The van der Waals surface area contributed by atoms with Gasteiger partial charge in [0.1, 0.15) is 11.3 Å². The van der Waals surface area contributed by atoms with Gasteiger partial charge < -0.3 is 14.7 Å². The van der Waals surface area contributed by atoms with E-state index < -0.39 is 24.1 Å². The van der Waals surface area contributed by atoms with Crippen LogP contribution in [0.1, 0.15) is 31.5 Å². The van der Waals surface area contributed by atoms with Gasteiger partial charge in [-0.3, -0.25) is 0 Å². The SMILES string of the molecule is Cc1nc(/C(=N/OCC(=O)OC(C)(C)C)C(=O)O)cs1. The molecule has 1 aromatic heterocycles. The summed E-state index contributed by atoms with van der Waals surface area (Å²) < 4.78 is 5.00. The van der Waals surface area contributed by atoms with Crippen molar-refractivity contribution in [3.63, 3.8) is 0 Å². The van der Waals surface area contributed by atoms with Gasteiger partial charge in [-0.25, -0.2) is 14.6 Å². The highest BCUT2D eigenvalue weighted by Crippen LogP contribution is 2.10. The maximum Gasteiger partial charge on any atom is 0.360 e. The van der Waals surface area contributed by atoms with Crippen molar-refractivity contribution >= 4 is 29.0 Å². The van der Waals surface area contributed by atoms with Crippen LogP contribution in [0.3, 0.4) is 0 Å². The summed E-state index contributed by atoms with van der Waals surface area (Å²) in [7, 11) is 0. The van der Waals surface area contributed by atoms with Crippen LogP contribution in [-0.4, -0.2) is 39.9 Å². The van der Waals surface area contributed by atoms with Gasteiger partial charge in [-0.2, -0.15) is 0 Å². The molecule has 0 bridgehead atoms. The molecule has 110 valence electrons. The number of rotatable bonds is 5. The average molecular weight is 300 g/mol. The monoisotopic (exact) mass is 300 g/mol. The minimum Gasteiger partial charge on any atom is -0.476 e. The molecule has 0 aromatic carbocycles. The molecule has 7 nitrogen and oxygen atoms in total. The fraction of sp³-hybridized carbons (Fsp3) is 0.500. The van der Waals surface area contributed by atoms with E-state index in [2.05, 4.69) is 10.1 Å². The van der Waals surface area contributed by atoms with Gasteiger partial charge in [0, 0.05) is 5.38 Å². The van der Waals surface area contributed by atoms with E-state index in [1.807, 2.05) is 0 Å². The smallest absolute Gasteiger partial charge is 0.360 e. The van der Waals surface area contributed by atoms with Crippen molar-refractivity contribution in [1.82, 2.24) is 4.98 Å². The molecule has 20 heavy (non-hydrogen) atoms. The first-order valence-electron chi connectivity index (χ1n) is 5.76. The normalized spacial score (nSPS) is 12.1. The Morgan fingerprint density at radius 3 is 2.55 bits per heavy atom. The van der Waals surface area contributed by atoms with Gasteiger partial charge in [0.15, 0.2) is 0 Å². The number of ether oxygens (including phenoxy) is 1. The number of carboxylic acid groups (broad SMARTS) is 1. The van der Waals surface area contributed by atoms with Crippen molar-refractivity contribution in [3.8, 4) is 0 Å². The number of hydrogen-bond acceptors (Lipinski definition) is 7. The molecule has 0 radical (unpaired) electrons. The van der Waals surface area contributed by atoms with E-state index >= 15 is 0 Å². The molecule has 0 unspecified atom stereocenters. The van der Waals surface area contributed by atoms with Crippen molar-refractivity contribution in [2.45, 2.75) is 33.3 Å². The van der Waals surface area contributed by atoms with E-state index in [9.17, 15) is 9.59 Å². The Morgan fingerprint density at radius 2 is 2.10 bits per heavy atom. The zero-order chi connectivity index (χ0) is 15.3. The molecule has 0 aliphatic carbocycles. The molecule has 0 aliphatic rings. The highest BCUT2D eigenvalue weighted by atomic mass is 32.1. The molecule has 0 amide bonds. The summed E-state index contributed by atoms with van der Waals surface area (Å²) in [5.41, 5.74) is -0.784. The number of aromatic nitrogens is 1. The second-order valence-electron chi connectivity index (χ2n) is 4.86. The van der Waals surface area contributed by atoms with Gasteiger partial charge >= 0.3 is 11.9 Å². The molecular weight excluding hydrogens is 284 g/mol. The van der Waals surface area contributed by atoms with E-state index in [-0.39, 0.29) is 11.4 Å². The van der Waals surface area contributed by atoms with Crippen molar-refractivity contribution < 1.29 is 24.3 Å². The molecular formula is C12H16N2O5S. The highest BCUT2D eigenvalue weighted by molar-refractivity contribution is 7.09. The number of aliphatic carboxylic acids is 1. The quantitative estimate of drug-likeness (QED) is 0.504. The summed E-state index contributed by atoms with van der Waals surface area (Å²) in [6.45, 7) is 6.44. The number of carbonyl (C=O) groups is 2. The highest BCUT2D eigenvalue weighted by Gasteiger charge is 2.19. The van der Waals surface area contributed by atoms with Crippen LogP contribution < -0.4 is 0 Å². The fourth-order valence-corrected chi connectivity index (χ4v) is 1.79. The summed E-state index contributed by atoms with van der Waals surface area (Å²) in [6, 6.07) is 0. The van der Waals surface area contributed by atoms with E-state index in [0.29, 0.717) is 5.01 Å². The lowest BCUT2D eigenvalue weighted by atomic mass is 10.2. The van der Waals surface area contributed by atoms with Gasteiger partial charge in [0.2, 0.25) is 12.3 Å². The van der Waals surface area contributed by atoms with Crippen LogP contribution in [0.5, 0.6) is 0 Å². The van der Waals surface area contributed by atoms with Crippen molar-refractivity contribution in [3.05, 3.63) is 16.1 Å². The predicted octanol–water partition coefficient (Wildman–Crippen LogP) is 1.60. The number of thiazole rings is 1. The minimum atomic E-state index is -1.28. The van der Waals surface area contributed by atoms with Crippen LogP contribution in [0.4, 0.5) is 0 Å². The number of carbonyl (C=O) groups excluding carboxylic acids is 1. The summed E-state index contributed by atoms with van der Waals surface area (Å²) in [5, 5.41) is 14.7. The summed E-state index contributed by atoms with van der Waals surface area (Å²) >= 11 is 1.30. The molecule has 0 saturated carbocycles. The average Bonchev–Trinajstić information content (AvgIpc) is 2.68. The second kappa shape index (κ2) is 6.47. The Hall–Kier alpha value is -1.96. The van der Waals surface area contributed by atoms with Crippen molar-refractivity contribution in [2.24, 2.45) is 5.16 Å². The van der Waals surface area contributed by atoms with Gasteiger partial charge in [-0.05, 0) is 27.7 Å². The maximum atomic E-state index is 11.4. The number of oxime groups is 1. The van der Waals surface area contributed by atoms with Crippen LogP contribution in [0, 0.1) is 6.92 Å². The molecule has 1 heterocycles. The number of hydrogen-bond donors (Lipinski definition) is 1. The lowest BCUT2D eigenvalue weighted by Crippen LogP contribution is -2.26. The van der Waals surface area contributed by atoms with E-state index in [0.717, 1.165) is 0 Å². The Balaban J connectivity index is 2.66. The standard InChI is InChI=1S/C12H16N2O5S/c1-7-13-8(6-20-7)10(11(16)17)14-18-5-9(15)19-12(2,3)4/h6H,5H2,1-4H3,(H,16,17)/b14-10-. The lowest BCUT2D eigenvalue weighted by Gasteiger charge is -2.18. The third kappa shape index (κ3) is 5.35. The van der Waals surface area contributed by atoms with Crippen LogP contribution in [-0.2, 0) is 19.2 Å². The number of carboxylic acids is 1. The first-order chi connectivity index (χ1) is 9.19. The van der Waals surface area contributed by atoms with Gasteiger partial charge in [0.05, 0.1) is 5.01 Å². The topological polar surface area (TPSA) is 98.1 Å². The molecule has 0 fully saturated rings. The molecule has 1 N–H and O–H groups in total. The van der Waals surface area contributed by atoms with E-state index in [4.69, 9.17) is 14.7 Å². The number of esters is 1. The third-order valence-electron chi connectivity index (χ3n) is 1.82. The summed E-state index contributed by atoms with van der Waals surface area (Å²) in [5.74, 6) is -1.90. The third-order valence-corrected chi connectivity index (χ3v) is 2.60. The first kappa shape index (κ1) is 16.1. The molecule has 1 rings (SSSR count). The Morgan fingerprint density at radius 1 is 1.45 bits per heavy atom. The Labute approximate surface area is 120 Å².